The van der Waals surface area contributed by atoms with Crippen LogP contribution < -0.4 is 5.32 Å². The van der Waals surface area contributed by atoms with Gasteiger partial charge in [-0.3, -0.25) is 4.79 Å². The fourth-order valence-corrected chi connectivity index (χ4v) is 3.20. The maximum absolute atomic E-state index is 12.1. The Labute approximate surface area is 135 Å². The van der Waals surface area contributed by atoms with Crippen LogP contribution >= 0.6 is 24.0 Å². The number of thioether (sulfide) groups is 1. The lowest BCUT2D eigenvalue weighted by atomic mass is 10.2. The summed E-state index contributed by atoms with van der Waals surface area (Å²) in [5.74, 6) is -0.0980. The predicted molar refractivity (Wildman–Crippen MR) is 92.4 cm³/mol. The Morgan fingerprint density at radius 1 is 1.38 bits per heavy atom. The van der Waals surface area contributed by atoms with E-state index in [0.29, 0.717) is 11.3 Å². The van der Waals surface area contributed by atoms with E-state index in [4.69, 9.17) is 17.5 Å². The smallest absolute Gasteiger partial charge is 0.237 e. The summed E-state index contributed by atoms with van der Waals surface area (Å²) in [4.78, 5) is 14.2. The van der Waals surface area contributed by atoms with E-state index in [1.165, 1.54) is 11.8 Å². The van der Waals surface area contributed by atoms with E-state index in [1.807, 2.05) is 31.7 Å². The van der Waals surface area contributed by atoms with Crippen LogP contribution in [0.3, 0.4) is 0 Å². The van der Waals surface area contributed by atoms with Crippen molar-refractivity contribution < 1.29 is 4.79 Å². The van der Waals surface area contributed by atoms with Gasteiger partial charge in [0.25, 0.3) is 0 Å². The molecule has 0 aromatic heterocycles. The van der Waals surface area contributed by atoms with E-state index in [-0.39, 0.29) is 11.2 Å². The van der Waals surface area contributed by atoms with Crippen LogP contribution in [0.4, 0.5) is 5.69 Å². The molecular weight excluding hydrogens is 302 g/mol. The van der Waals surface area contributed by atoms with E-state index in [2.05, 4.69) is 5.32 Å². The van der Waals surface area contributed by atoms with Gasteiger partial charge in [-0.05, 0) is 45.0 Å². The minimum absolute atomic E-state index is 0.0980. The van der Waals surface area contributed by atoms with Gasteiger partial charge in [0, 0.05) is 18.8 Å². The van der Waals surface area contributed by atoms with Crippen molar-refractivity contribution in [2.45, 2.75) is 26.0 Å². The molecule has 0 aliphatic heterocycles. The van der Waals surface area contributed by atoms with Crippen LogP contribution in [0.15, 0.2) is 24.3 Å². The van der Waals surface area contributed by atoms with Gasteiger partial charge in [0.15, 0.2) is 0 Å². The van der Waals surface area contributed by atoms with Crippen molar-refractivity contribution in [3.05, 3.63) is 29.8 Å². The highest BCUT2D eigenvalue weighted by Crippen LogP contribution is 2.18. The third-order valence-electron chi connectivity index (χ3n) is 2.95. The Morgan fingerprint density at radius 3 is 2.43 bits per heavy atom. The highest BCUT2D eigenvalue weighted by atomic mass is 32.2. The molecular formula is C15H19N3OS2. The number of nitrogens with one attached hydrogen (secondary N) is 1. The van der Waals surface area contributed by atoms with Crippen molar-refractivity contribution in [3.63, 3.8) is 0 Å². The van der Waals surface area contributed by atoms with Gasteiger partial charge in [0.2, 0.25) is 5.91 Å². The first-order chi connectivity index (χ1) is 10.0. The van der Waals surface area contributed by atoms with Crippen LogP contribution in [0, 0.1) is 11.3 Å². The Balaban J connectivity index is 2.58. The standard InChI is InChI=1S/C15H19N3OS2/c1-4-18(5-2)15(20)21-11(3)14(19)17-13-8-6-12(10-16)7-9-13/h6-9,11H,4-5H2,1-3H3,(H,17,19)/t11-/m0/s1. The highest BCUT2D eigenvalue weighted by Gasteiger charge is 2.18. The summed E-state index contributed by atoms with van der Waals surface area (Å²) < 4.78 is 0.738. The number of benzene rings is 1. The maximum atomic E-state index is 12.1. The topological polar surface area (TPSA) is 56.1 Å². The lowest BCUT2D eigenvalue weighted by molar-refractivity contribution is -0.115. The van der Waals surface area contributed by atoms with Crippen LogP contribution in [-0.2, 0) is 4.79 Å². The minimum atomic E-state index is -0.270. The van der Waals surface area contributed by atoms with Crippen molar-refractivity contribution >= 4 is 39.9 Å². The molecule has 1 rings (SSSR count). The summed E-state index contributed by atoms with van der Waals surface area (Å²) in [7, 11) is 0. The molecule has 0 spiro atoms. The van der Waals surface area contributed by atoms with Crippen molar-refractivity contribution in [1.82, 2.24) is 4.90 Å². The normalized spacial score (nSPS) is 11.3. The zero-order chi connectivity index (χ0) is 15.8. The minimum Gasteiger partial charge on any atom is -0.358 e. The van der Waals surface area contributed by atoms with Crippen LogP contribution in [-0.4, -0.2) is 33.5 Å². The van der Waals surface area contributed by atoms with Crippen molar-refractivity contribution in [2.24, 2.45) is 0 Å². The zero-order valence-corrected chi connectivity index (χ0v) is 14.1. The number of carbonyl (C=O) groups excluding carboxylic acids is 1. The lowest BCUT2D eigenvalue weighted by Crippen LogP contribution is -2.31. The second-order valence-corrected chi connectivity index (χ2v) is 6.35. The number of nitriles is 1. The second-order valence-electron chi connectivity index (χ2n) is 4.38. The van der Waals surface area contributed by atoms with Crippen LogP contribution in [0.2, 0.25) is 0 Å². The van der Waals surface area contributed by atoms with Gasteiger partial charge in [-0.15, -0.1) is 0 Å². The Bertz CT molecular complexity index is 533. The predicted octanol–water partition coefficient (Wildman–Crippen LogP) is 3.25. The van der Waals surface area contributed by atoms with Crippen molar-refractivity contribution in [2.75, 3.05) is 18.4 Å². The molecule has 21 heavy (non-hydrogen) atoms. The third-order valence-corrected chi connectivity index (χ3v) is 4.52. The van der Waals surface area contributed by atoms with E-state index >= 15 is 0 Å². The fraction of sp³-hybridized carbons (Fsp3) is 0.400. The molecule has 0 bridgehead atoms. The largest absolute Gasteiger partial charge is 0.358 e. The zero-order valence-electron chi connectivity index (χ0n) is 12.4. The molecule has 0 unspecified atom stereocenters. The van der Waals surface area contributed by atoms with E-state index in [9.17, 15) is 4.79 Å². The monoisotopic (exact) mass is 321 g/mol. The number of rotatable bonds is 5. The molecule has 1 N–H and O–H groups in total. The van der Waals surface area contributed by atoms with E-state index in [1.54, 1.807) is 24.3 Å². The Morgan fingerprint density at radius 2 is 1.95 bits per heavy atom. The van der Waals surface area contributed by atoms with Gasteiger partial charge in [0.1, 0.15) is 4.32 Å². The second kappa shape index (κ2) is 8.65. The van der Waals surface area contributed by atoms with E-state index in [0.717, 1.165) is 17.4 Å². The summed E-state index contributed by atoms with van der Waals surface area (Å²) >= 11 is 6.72. The molecule has 0 fully saturated rings. The van der Waals surface area contributed by atoms with Gasteiger partial charge in [-0.2, -0.15) is 5.26 Å². The lowest BCUT2D eigenvalue weighted by Gasteiger charge is -2.22. The molecule has 0 saturated heterocycles. The average molecular weight is 321 g/mol. The molecule has 0 saturated carbocycles. The van der Waals surface area contributed by atoms with Crippen LogP contribution in [0.1, 0.15) is 26.3 Å². The first-order valence-corrected chi connectivity index (χ1v) is 8.07. The molecule has 4 nitrogen and oxygen atoms in total. The molecule has 112 valence electrons. The van der Waals surface area contributed by atoms with Gasteiger partial charge < -0.3 is 10.2 Å². The number of anilines is 1. The molecule has 1 amide bonds. The summed E-state index contributed by atoms with van der Waals surface area (Å²) in [6.45, 7) is 7.59. The van der Waals surface area contributed by atoms with Gasteiger partial charge >= 0.3 is 0 Å². The molecule has 0 aliphatic rings. The quantitative estimate of drug-likeness (QED) is 0.844. The molecule has 1 aromatic carbocycles. The van der Waals surface area contributed by atoms with E-state index < -0.39 is 0 Å². The fourth-order valence-electron chi connectivity index (χ4n) is 1.63. The van der Waals surface area contributed by atoms with Crippen molar-refractivity contribution in [1.29, 1.82) is 5.26 Å². The highest BCUT2D eigenvalue weighted by molar-refractivity contribution is 8.23. The Hall–Kier alpha value is -1.58. The summed E-state index contributed by atoms with van der Waals surface area (Å²) in [6.07, 6.45) is 0. The summed E-state index contributed by atoms with van der Waals surface area (Å²) in [5, 5.41) is 11.3. The maximum Gasteiger partial charge on any atom is 0.237 e. The number of hydrogen-bond acceptors (Lipinski definition) is 4. The van der Waals surface area contributed by atoms with Crippen molar-refractivity contribution in [3.8, 4) is 6.07 Å². The average Bonchev–Trinajstić information content (AvgIpc) is 2.49. The molecule has 0 radical (unpaired) electrons. The first kappa shape index (κ1) is 17.5. The van der Waals surface area contributed by atoms with Crippen LogP contribution in [0.25, 0.3) is 0 Å². The third kappa shape index (κ3) is 5.37. The number of nitrogens with zero attached hydrogens (tertiary/aromatic N) is 2. The summed E-state index contributed by atoms with van der Waals surface area (Å²) in [5.41, 5.74) is 1.25. The van der Waals surface area contributed by atoms with Gasteiger partial charge in [-0.1, -0.05) is 24.0 Å². The molecule has 1 atom stereocenters. The number of amides is 1. The van der Waals surface area contributed by atoms with Gasteiger partial charge in [0.05, 0.1) is 16.9 Å². The molecule has 0 heterocycles. The summed E-state index contributed by atoms with van der Waals surface area (Å²) in [6, 6.07) is 8.83. The van der Waals surface area contributed by atoms with Crippen LogP contribution in [0.5, 0.6) is 0 Å². The SMILES string of the molecule is CCN(CC)C(=S)S[C@@H](C)C(=O)Nc1ccc(C#N)cc1. The molecule has 1 aromatic rings. The number of hydrogen-bond donors (Lipinski definition) is 1. The number of carbonyl (C=O) groups is 1. The van der Waals surface area contributed by atoms with Gasteiger partial charge in [-0.25, -0.2) is 0 Å². The Kier molecular flexibility index (Phi) is 7.20. The molecule has 0 aliphatic carbocycles. The number of thiocarbonyl (C=S) groups is 1. The first-order valence-electron chi connectivity index (χ1n) is 6.78. The molecule has 6 heteroatoms.